The number of morpholine rings is 1. The maximum atomic E-state index is 12.9. The van der Waals surface area contributed by atoms with Gasteiger partial charge in [0.15, 0.2) is 0 Å². The van der Waals surface area contributed by atoms with E-state index in [1.807, 2.05) is 4.90 Å². The van der Waals surface area contributed by atoms with Gasteiger partial charge in [-0.3, -0.25) is 4.79 Å². The van der Waals surface area contributed by atoms with Crippen LogP contribution >= 0.6 is 11.3 Å². The molecule has 23 heavy (non-hydrogen) atoms. The van der Waals surface area contributed by atoms with Crippen LogP contribution in [-0.2, 0) is 9.53 Å². The number of amides is 1. The van der Waals surface area contributed by atoms with Crippen molar-refractivity contribution >= 4 is 17.2 Å². The minimum atomic E-state index is -0.260. The molecule has 0 bridgehead atoms. The van der Waals surface area contributed by atoms with Crippen LogP contribution in [0.2, 0.25) is 0 Å². The van der Waals surface area contributed by atoms with Crippen LogP contribution in [0.15, 0.2) is 16.5 Å². The number of carbonyl (C=O) groups is 1. The van der Waals surface area contributed by atoms with Gasteiger partial charge in [-0.25, -0.2) is 0 Å². The van der Waals surface area contributed by atoms with Gasteiger partial charge >= 0.3 is 0 Å². The Bertz CT molecular complexity index is 726. The molecule has 1 saturated carbocycles. The Kier molecular flexibility index (Phi) is 3.69. The summed E-state index contributed by atoms with van der Waals surface area (Å²) < 4.78 is 11.0. The van der Waals surface area contributed by atoms with E-state index >= 15 is 0 Å². The Morgan fingerprint density at radius 1 is 1.35 bits per heavy atom. The third kappa shape index (κ3) is 2.79. The van der Waals surface area contributed by atoms with Crippen molar-refractivity contribution in [2.45, 2.75) is 32.2 Å². The molecule has 3 unspecified atom stereocenters. The van der Waals surface area contributed by atoms with Gasteiger partial charge in [0.1, 0.15) is 6.04 Å². The number of hydrogen-bond donors (Lipinski definition) is 0. The zero-order valence-electron chi connectivity index (χ0n) is 13.2. The van der Waals surface area contributed by atoms with Gasteiger partial charge in [-0.1, -0.05) is 0 Å². The van der Waals surface area contributed by atoms with Crippen molar-refractivity contribution in [3.63, 3.8) is 0 Å². The fourth-order valence-corrected chi connectivity index (χ4v) is 4.22. The monoisotopic (exact) mass is 333 g/mol. The van der Waals surface area contributed by atoms with Crippen LogP contribution in [0.5, 0.6) is 0 Å². The molecule has 2 fully saturated rings. The average Bonchev–Trinajstić information content (AvgIpc) is 3.05. The van der Waals surface area contributed by atoms with E-state index in [4.69, 9.17) is 9.15 Å². The van der Waals surface area contributed by atoms with Gasteiger partial charge in [-0.05, 0) is 25.5 Å². The second-order valence-corrected chi connectivity index (χ2v) is 7.50. The molecule has 0 aromatic carbocycles. The van der Waals surface area contributed by atoms with Crippen molar-refractivity contribution in [3.05, 3.63) is 33.7 Å². The first-order chi connectivity index (χ1) is 11.1. The summed E-state index contributed by atoms with van der Waals surface area (Å²) in [5.41, 5.74) is 0. The van der Waals surface area contributed by atoms with Crippen LogP contribution in [0.3, 0.4) is 0 Å². The number of aromatic nitrogens is 2. The van der Waals surface area contributed by atoms with Crippen molar-refractivity contribution < 1.29 is 13.9 Å². The number of carbonyl (C=O) groups excluding carboxylic acids is 1. The molecule has 0 radical (unpaired) electrons. The van der Waals surface area contributed by atoms with Crippen molar-refractivity contribution in [1.82, 2.24) is 15.1 Å². The van der Waals surface area contributed by atoms with Crippen molar-refractivity contribution in [3.8, 4) is 0 Å². The van der Waals surface area contributed by atoms with Gasteiger partial charge in [0.2, 0.25) is 17.7 Å². The SMILES string of the molecule is Cc1nnc(C2COCCN2C(=O)C2CC2c2ccc(C)s2)o1. The van der Waals surface area contributed by atoms with E-state index in [-0.39, 0.29) is 17.9 Å². The molecule has 1 saturated heterocycles. The lowest BCUT2D eigenvalue weighted by atomic mass is 10.1. The van der Waals surface area contributed by atoms with Crippen molar-refractivity contribution in [2.75, 3.05) is 19.8 Å². The smallest absolute Gasteiger partial charge is 0.241 e. The van der Waals surface area contributed by atoms with E-state index < -0.39 is 0 Å². The lowest BCUT2D eigenvalue weighted by Gasteiger charge is -2.33. The highest BCUT2D eigenvalue weighted by Crippen LogP contribution is 2.51. The normalized spacial score (nSPS) is 27.2. The molecule has 1 amide bonds. The van der Waals surface area contributed by atoms with Gasteiger partial charge in [-0.2, -0.15) is 0 Å². The predicted molar refractivity (Wildman–Crippen MR) is 84.2 cm³/mol. The fraction of sp³-hybridized carbons (Fsp3) is 0.562. The highest BCUT2D eigenvalue weighted by Gasteiger charge is 2.48. The summed E-state index contributed by atoms with van der Waals surface area (Å²) >= 11 is 1.79. The van der Waals surface area contributed by atoms with E-state index in [2.05, 4.69) is 29.3 Å². The number of aryl methyl sites for hydroxylation is 2. The van der Waals surface area contributed by atoms with Gasteiger partial charge in [0.25, 0.3) is 0 Å². The summed E-state index contributed by atoms with van der Waals surface area (Å²) in [7, 11) is 0. The quantitative estimate of drug-likeness (QED) is 0.863. The minimum absolute atomic E-state index is 0.0812. The predicted octanol–water partition coefficient (Wildman–Crippen LogP) is 2.45. The standard InChI is InChI=1S/C16H19N3O3S/c1-9-3-4-14(23-9)11-7-12(11)16(20)19-5-6-21-8-13(19)15-18-17-10(2)22-15/h3-4,11-13H,5-8H2,1-2H3. The average molecular weight is 333 g/mol. The van der Waals surface area contributed by atoms with E-state index in [9.17, 15) is 4.79 Å². The molecule has 4 rings (SSSR count). The Hall–Kier alpha value is -1.73. The number of ether oxygens (including phenoxy) is 1. The van der Waals surface area contributed by atoms with E-state index in [0.717, 1.165) is 6.42 Å². The van der Waals surface area contributed by atoms with E-state index in [1.54, 1.807) is 18.3 Å². The molecule has 1 aliphatic carbocycles. The van der Waals surface area contributed by atoms with Gasteiger partial charge < -0.3 is 14.1 Å². The Balaban J connectivity index is 1.50. The van der Waals surface area contributed by atoms with Crippen LogP contribution in [0.1, 0.15) is 39.9 Å². The summed E-state index contributed by atoms with van der Waals surface area (Å²) in [4.78, 5) is 17.4. The Morgan fingerprint density at radius 2 is 2.22 bits per heavy atom. The molecule has 0 spiro atoms. The summed E-state index contributed by atoms with van der Waals surface area (Å²) in [6.07, 6.45) is 0.936. The summed E-state index contributed by atoms with van der Waals surface area (Å²) in [5.74, 6) is 1.62. The van der Waals surface area contributed by atoms with Crippen molar-refractivity contribution in [1.29, 1.82) is 0 Å². The molecule has 1 aliphatic heterocycles. The minimum Gasteiger partial charge on any atom is -0.423 e. The van der Waals surface area contributed by atoms with Crippen LogP contribution in [0.25, 0.3) is 0 Å². The Labute approximate surface area is 138 Å². The summed E-state index contributed by atoms with van der Waals surface area (Å²) in [6, 6.07) is 4.01. The molecule has 2 aromatic heterocycles. The summed E-state index contributed by atoms with van der Waals surface area (Å²) in [6.45, 7) is 5.41. The van der Waals surface area contributed by atoms with E-state index in [1.165, 1.54) is 9.75 Å². The highest BCUT2D eigenvalue weighted by atomic mass is 32.1. The van der Waals surface area contributed by atoms with E-state index in [0.29, 0.717) is 37.5 Å². The topological polar surface area (TPSA) is 68.5 Å². The second kappa shape index (κ2) is 5.72. The zero-order chi connectivity index (χ0) is 16.0. The highest BCUT2D eigenvalue weighted by molar-refractivity contribution is 7.12. The fourth-order valence-electron chi connectivity index (χ4n) is 3.17. The first kappa shape index (κ1) is 14.8. The molecule has 3 heterocycles. The maximum Gasteiger partial charge on any atom is 0.241 e. The molecule has 3 atom stereocenters. The molecule has 0 N–H and O–H groups in total. The van der Waals surface area contributed by atoms with Crippen molar-refractivity contribution in [2.24, 2.45) is 5.92 Å². The number of nitrogens with zero attached hydrogens (tertiary/aromatic N) is 3. The molecule has 122 valence electrons. The van der Waals surface area contributed by atoms with Crippen LogP contribution in [0.4, 0.5) is 0 Å². The first-order valence-electron chi connectivity index (χ1n) is 7.88. The van der Waals surface area contributed by atoms with Gasteiger partial charge in [0.05, 0.1) is 13.2 Å². The number of hydrogen-bond acceptors (Lipinski definition) is 6. The lowest BCUT2D eigenvalue weighted by Crippen LogP contribution is -2.44. The molecule has 7 heteroatoms. The molecular weight excluding hydrogens is 314 g/mol. The molecule has 2 aromatic rings. The zero-order valence-corrected chi connectivity index (χ0v) is 14.0. The molecular formula is C16H19N3O3S. The first-order valence-corrected chi connectivity index (χ1v) is 8.69. The third-order valence-corrected chi connectivity index (χ3v) is 5.61. The largest absolute Gasteiger partial charge is 0.423 e. The summed E-state index contributed by atoms with van der Waals surface area (Å²) in [5, 5.41) is 7.95. The van der Waals surface area contributed by atoms with Gasteiger partial charge in [-0.15, -0.1) is 21.5 Å². The Morgan fingerprint density at radius 3 is 2.91 bits per heavy atom. The lowest BCUT2D eigenvalue weighted by molar-refractivity contribution is -0.142. The van der Waals surface area contributed by atoms with Crippen LogP contribution in [-0.4, -0.2) is 40.8 Å². The number of rotatable bonds is 3. The van der Waals surface area contributed by atoms with Gasteiger partial charge in [0, 0.05) is 35.1 Å². The van der Waals surface area contributed by atoms with Crippen LogP contribution < -0.4 is 0 Å². The van der Waals surface area contributed by atoms with Crippen LogP contribution in [0, 0.1) is 19.8 Å². The number of thiophene rings is 1. The molecule has 2 aliphatic rings. The second-order valence-electron chi connectivity index (χ2n) is 6.18. The third-order valence-electron chi connectivity index (χ3n) is 4.47. The maximum absolute atomic E-state index is 12.9. The molecule has 6 nitrogen and oxygen atoms in total.